The number of para-hydroxylation sites is 1. The van der Waals surface area contributed by atoms with E-state index in [0.29, 0.717) is 10.7 Å². The van der Waals surface area contributed by atoms with E-state index in [-0.39, 0.29) is 16.8 Å². The van der Waals surface area contributed by atoms with Gasteiger partial charge in [-0.1, -0.05) is 41.4 Å². The van der Waals surface area contributed by atoms with Crippen LogP contribution in [0.3, 0.4) is 0 Å². The molecule has 92 valence electrons. The van der Waals surface area contributed by atoms with E-state index in [2.05, 4.69) is 10.3 Å². The van der Waals surface area contributed by atoms with Gasteiger partial charge in [0.1, 0.15) is 10.8 Å². The number of aromatic nitrogens is 1. The van der Waals surface area contributed by atoms with Crippen molar-refractivity contribution in [2.24, 2.45) is 0 Å². The number of nitrogens with zero attached hydrogens (tertiary/aromatic N) is 1. The van der Waals surface area contributed by atoms with Crippen molar-refractivity contribution in [3.8, 4) is 0 Å². The summed E-state index contributed by atoms with van der Waals surface area (Å²) in [5, 5.41) is 3.50. The van der Waals surface area contributed by atoms with Crippen LogP contribution in [-0.4, -0.2) is 10.9 Å². The second-order valence-corrected chi connectivity index (χ2v) is 4.53. The Bertz CT molecular complexity index is 579. The molecule has 2 rings (SSSR count). The van der Waals surface area contributed by atoms with Gasteiger partial charge in [-0.15, -0.1) is 0 Å². The molecule has 0 saturated carbocycles. The van der Waals surface area contributed by atoms with Crippen molar-refractivity contribution in [2.45, 2.75) is 6.92 Å². The van der Waals surface area contributed by atoms with Crippen LogP contribution in [0.2, 0.25) is 10.2 Å². The average molecular weight is 281 g/mol. The molecule has 5 heteroatoms. The number of aryl methyl sites for hydroxylation is 1. The third kappa shape index (κ3) is 2.81. The van der Waals surface area contributed by atoms with Gasteiger partial charge >= 0.3 is 0 Å². The molecule has 0 bridgehead atoms. The number of carbonyl (C=O) groups is 1. The summed E-state index contributed by atoms with van der Waals surface area (Å²) in [6.07, 6.45) is 0. The fraction of sp³-hybridized carbons (Fsp3) is 0.0769. The molecule has 0 aliphatic rings. The van der Waals surface area contributed by atoms with E-state index in [4.69, 9.17) is 23.2 Å². The summed E-state index contributed by atoms with van der Waals surface area (Å²) in [6, 6.07) is 10.3. The number of hydrogen-bond acceptors (Lipinski definition) is 2. The molecule has 1 amide bonds. The largest absolute Gasteiger partial charge is 0.319 e. The molecule has 0 saturated heterocycles. The number of pyridine rings is 1. The predicted molar refractivity (Wildman–Crippen MR) is 73.4 cm³/mol. The highest BCUT2D eigenvalue weighted by Gasteiger charge is 2.11. The van der Waals surface area contributed by atoms with Crippen LogP contribution in [0, 0.1) is 6.92 Å². The van der Waals surface area contributed by atoms with E-state index in [1.54, 1.807) is 24.3 Å². The van der Waals surface area contributed by atoms with Gasteiger partial charge < -0.3 is 5.32 Å². The molecule has 0 aliphatic heterocycles. The molecule has 0 atom stereocenters. The molecule has 0 fully saturated rings. The van der Waals surface area contributed by atoms with Gasteiger partial charge in [0.05, 0.1) is 10.7 Å². The van der Waals surface area contributed by atoms with Crippen LogP contribution in [0.25, 0.3) is 0 Å². The quantitative estimate of drug-likeness (QED) is 0.847. The van der Waals surface area contributed by atoms with Gasteiger partial charge in [0, 0.05) is 0 Å². The molecule has 0 spiro atoms. The van der Waals surface area contributed by atoms with Crippen LogP contribution < -0.4 is 5.32 Å². The summed E-state index contributed by atoms with van der Waals surface area (Å²) < 4.78 is 0. The van der Waals surface area contributed by atoms with Crippen LogP contribution in [0.5, 0.6) is 0 Å². The second kappa shape index (κ2) is 5.38. The molecule has 1 N–H and O–H groups in total. The Balaban J connectivity index is 2.27. The molecule has 1 heterocycles. The summed E-state index contributed by atoms with van der Waals surface area (Å²) >= 11 is 11.8. The van der Waals surface area contributed by atoms with E-state index in [1.165, 1.54) is 0 Å². The van der Waals surface area contributed by atoms with Gasteiger partial charge in [-0.05, 0) is 30.7 Å². The van der Waals surface area contributed by atoms with Crippen LogP contribution >= 0.6 is 23.2 Å². The molecule has 0 aliphatic carbocycles. The lowest BCUT2D eigenvalue weighted by atomic mass is 10.2. The normalized spacial score (nSPS) is 10.2. The monoisotopic (exact) mass is 280 g/mol. The highest BCUT2D eigenvalue weighted by molar-refractivity contribution is 6.34. The Morgan fingerprint density at radius 2 is 1.89 bits per heavy atom. The first kappa shape index (κ1) is 12.9. The van der Waals surface area contributed by atoms with Crippen molar-refractivity contribution < 1.29 is 4.79 Å². The summed E-state index contributed by atoms with van der Waals surface area (Å²) in [5.41, 5.74) is 1.73. The lowest BCUT2D eigenvalue weighted by Gasteiger charge is -2.09. The number of halogens is 2. The molecule has 2 aromatic rings. The van der Waals surface area contributed by atoms with E-state index >= 15 is 0 Å². The van der Waals surface area contributed by atoms with Crippen molar-refractivity contribution in [1.82, 2.24) is 4.98 Å². The highest BCUT2D eigenvalue weighted by atomic mass is 35.5. The summed E-state index contributed by atoms with van der Waals surface area (Å²) in [4.78, 5) is 15.9. The van der Waals surface area contributed by atoms with Crippen molar-refractivity contribution in [2.75, 3.05) is 5.32 Å². The van der Waals surface area contributed by atoms with Gasteiger partial charge in [-0.25, -0.2) is 4.98 Å². The maximum absolute atomic E-state index is 12.0. The Kier molecular flexibility index (Phi) is 3.84. The zero-order valence-corrected chi connectivity index (χ0v) is 11.1. The number of hydrogen-bond donors (Lipinski definition) is 1. The van der Waals surface area contributed by atoms with E-state index in [9.17, 15) is 4.79 Å². The first-order valence-corrected chi connectivity index (χ1v) is 6.02. The third-order valence-corrected chi connectivity index (χ3v) is 2.93. The van der Waals surface area contributed by atoms with Crippen LogP contribution in [0.15, 0.2) is 36.4 Å². The number of nitrogens with one attached hydrogen (secondary N) is 1. The minimum absolute atomic E-state index is 0.252. The summed E-state index contributed by atoms with van der Waals surface area (Å²) in [7, 11) is 0. The fourth-order valence-corrected chi connectivity index (χ4v) is 1.94. The van der Waals surface area contributed by atoms with Gasteiger partial charge in [-0.3, -0.25) is 4.79 Å². The van der Waals surface area contributed by atoms with Gasteiger partial charge in [0.15, 0.2) is 0 Å². The number of amides is 1. The summed E-state index contributed by atoms with van der Waals surface area (Å²) in [5.74, 6) is -0.339. The molecule has 3 nitrogen and oxygen atoms in total. The predicted octanol–water partition coefficient (Wildman–Crippen LogP) is 3.95. The van der Waals surface area contributed by atoms with Crippen molar-refractivity contribution in [3.63, 3.8) is 0 Å². The lowest BCUT2D eigenvalue weighted by Crippen LogP contribution is -2.14. The second-order valence-electron chi connectivity index (χ2n) is 3.73. The molecule has 18 heavy (non-hydrogen) atoms. The summed E-state index contributed by atoms with van der Waals surface area (Å²) in [6.45, 7) is 1.87. The van der Waals surface area contributed by atoms with Crippen molar-refractivity contribution in [3.05, 3.63) is 57.8 Å². The highest BCUT2D eigenvalue weighted by Crippen LogP contribution is 2.25. The third-order valence-electron chi connectivity index (χ3n) is 2.41. The molecule has 0 unspecified atom stereocenters. The van der Waals surface area contributed by atoms with Crippen molar-refractivity contribution >= 4 is 34.8 Å². The minimum atomic E-state index is -0.339. The topological polar surface area (TPSA) is 42.0 Å². The molecular formula is C13H10Cl2N2O. The standard InChI is InChI=1S/C13H10Cl2N2O/c1-8-4-2-5-9(14)12(8)17-13(18)10-6-3-7-11(15)16-10/h2-7H,1H3,(H,17,18). The maximum atomic E-state index is 12.0. The van der Waals surface area contributed by atoms with Gasteiger partial charge in [0.25, 0.3) is 5.91 Å². The van der Waals surface area contributed by atoms with E-state index in [0.717, 1.165) is 5.56 Å². The first-order valence-electron chi connectivity index (χ1n) is 5.27. The molecule has 1 aromatic heterocycles. The van der Waals surface area contributed by atoms with E-state index in [1.807, 2.05) is 19.1 Å². The zero-order valence-electron chi connectivity index (χ0n) is 9.58. The van der Waals surface area contributed by atoms with Gasteiger partial charge in [0.2, 0.25) is 0 Å². The maximum Gasteiger partial charge on any atom is 0.274 e. The lowest BCUT2D eigenvalue weighted by molar-refractivity contribution is 0.102. The van der Waals surface area contributed by atoms with E-state index < -0.39 is 0 Å². The van der Waals surface area contributed by atoms with Crippen LogP contribution in [-0.2, 0) is 0 Å². The van der Waals surface area contributed by atoms with Crippen LogP contribution in [0.4, 0.5) is 5.69 Å². The SMILES string of the molecule is Cc1cccc(Cl)c1NC(=O)c1cccc(Cl)n1. The average Bonchev–Trinajstić information content (AvgIpc) is 2.34. The Morgan fingerprint density at radius 3 is 2.56 bits per heavy atom. The number of rotatable bonds is 2. The number of benzene rings is 1. The first-order chi connectivity index (χ1) is 8.58. The Hall–Kier alpha value is -1.58. The zero-order chi connectivity index (χ0) is 13.1. The molecule has 1 aromatic carbocycles. The van der Waals surface area contributed by atoms with Gasteiger partial charge in [-0.2, -0.15) is 0 Å². The van der Waals surface area contributed by atoms with Crippen LogP contribution in [0.1, 0.15) is 16.1 Å². The number of carbonyl (C=O) groups excluding carboxylic acids is 1. The molecular weight excluding hydrogens is 271 g/mol. The fourth-order valence-electron chi connectivity index (χ4n) is 1.50. The minimum Gasteiger partial charge on any atom is -0.319 e. The Morgan fingerprint density at radius 1 is 1.17 bits per heavy atom. The van der Waals surface area contributed by atoms with Crippen molar-refractivity contribution in [1.29, 1.82) is 0 Å². The molecule has 0 radical (unpaired) electrons. The Labute approximate surface area is 115 Å². The smallest absolute Gasteiger partial charge is 0.274 e. The number of anilines is 1.